The Kier molecular flexibility index (Phi) is 11.0. The van der Waals surface area contributed by atoms with Crippen LogP contribution in [0.2, 0.25) is 0 Å². The van der Waals surface area contributed by atoms with E-state index in [1.54, 1.807) is 6.26 Å². The van der Waals surface area contributed by atoms with Gasteiger partial charge in [-0.1, -0.05) is 26.2 Å². The summed E-state index contributed by atoms with van der Waals surface area (Å²) in [5.41, 5.74) is 0. The van der Waals surface area contributed by atoms with Crippen molar-refractivity contribution < 1.29 is 29.3 Å². The van der Waals surface area contributed by atoms with Gasteiger partial charge in [0.2, 0.25) is 0 Å². The summed E-state index contributed by atoms with van der Waals surface area (Å²) in [5, 5.41) is 27.2. The third-order valence-corrected chi connectivity index (χ3v) is 3.17. The minimum atomic E-state index is -1.06. The Bertz CT molecular complexity index is 277. The molecule has 0 saturated carbocycles. The number of unbranched alkanes of at least 4 members (excludes halogenated alkanes) is 4. The van der Waals surface area contributed by atoms with Gasteiger partial charge in [-0.15, -0.1) is 0 Å². The van der Waals surface area contributed by atoms with Gasteiger partial charge in [-0.05, 0) is 18.9 Å². The minimum absolute atomic E-state index is 0.249. The lowest BCUT2D eigenvalue weighted by Gasteiger charge is -2.32. The molecule has 0 unspecified atom stereocenters. The highest BCUT2D eigenvalue weighted by Gasteiger charge is 2.28. The molecule has 0 atom stereocenters. The van der Waals surface area contributed by atoms with Crippen LogP contribution in [0.1, 0.15) is 39.0 Å². The Morgan fingerprint density at radius 2 is 1.90 bits per heavy atom. The molecule has 0 aliphatic rings. The Morgan fingerprint density at radius 3 is 2.45 bits per heavy atom. The van der Waals surface area contributed by atoms with E-state index in [0.717, 1.165) is 12.8 Å². The van der Waals surface area contributed by atoms with Gasteiger partial charge in [0.1, 0.15) is 13.2 Å². The summed E-state index contributed by atoms with van der Waals surface area (Å²) in [4.78, 5) is 10.7. The van der Waals surface area contributed by atoms with Gasteiger partial charge in [0.15, 0.2) is 20.0 Å². The van der Waals surface area contributed by atoms with E-state index >= 15 is 0 Å². The molecule has 0 spiro atoms. The number of carboxylic acids is 1. The fourth-order valence-corrected chi connectivity index (χ4v) is 1.79. The summed E-state index contributed by atoms with van der Waals surface area (Å²) in [6, 6.07) is 0. The van der Waals surface area contributed by atoms with Crippen LogP contribution in [0.15, 0.2) is 12.3 Å². The summed E-state index contributed by atoms with van der Waals surface area (Å²) < 4.78 is 4.96. The number of aliphatic carboxylic acids is 1. The highest BCUT2D eigenvalue weighted by Crippen LogP contribution is 2.05. The molecule has 0 fully saturated rings. The first-order chi connectivity index (χ1) is 9.60. The predicted molar refractivity (Wildman–Crippen MR) is 75.7 cm³/mol. The molecule has 0 rings (SSSR count). The van der Waals surface area contributed by atoms with E-state index in [1.165, 1.54) is 19.3 Å². The average molecular weight is 290 g/mol. The summed E-state index contributed by atoms with van der Waals surface area (Å²) >= 11 is 0. The normalized spacial score (nSPS) is 11.9. The van der Waals surface area contributed by atoms with Gasteiger partial charge in [0.05, 0.1) is 6.26 Å². The van der Waals surface area contributed by atoms with Crippen LogP contribution in [0.3, 0.4) is 0 Å². The molecule has 6 nitrogen and oxygen atoms in total. The molecule has 3 N–H and O–H groups in total. The molecule has 0 amide bonds. The second-order valence-corrected chi connectivity index (χ2v) is 4.99. The van der Waals surface area contributed by atoms with E-state index < -0.39 is 19.4 Å². The zero-order valence-electron chi connectivity index (χ0n) is 12.3. The maximum absolute atomic E-state index is 10.7. The van der Waals surface area contributed by atoms with Crippen molar-refractivity contribution in [2.45, 2.75) is 39.0 Å². The number of hydrogen-bond donors (Lipinski definition) is 3. The highest BCUT2D eigenvalue weighted by atomic mass is 16.5. The van der Waals surface area contributed by atoms with Crippen molar-refractivity contribution in [3.8, 4) is 0 Å². The molecule has 0 aromatic rings. The van der Waals surface area contributed by atoms with Crippen molar-refractivity contribution >= 4 is 5.97 Å². The first kappa shape index (κ1) is 18.9. The van der Waals surface area contributed by atoms with Crippen LogP contribution in [0.25, 0.3) is 0 Å². The molecule has 20 heavy (non-hydrogen) atoms. The van der Waals surface area contributed by atoms with E-state index in [4.69, 9.17) is 9.84 Å². The van der Waals surface area contributed by atoms with Crippen molar-refractivity contribution in [3.63, 3.8) is 0 Å². The molecule has 0 aromatic heterocycles. The maximum atomic E-state index is 10.7. The smallest absolute Gasteiger partial charge is 0.359 e. The van der Waals surface area contributed by atoms with Crippen molar-refractivity contribution in [1.82, 2.24) is 0 Å². The number of aliphatic hydroxyl groups excluding tert-OH is 2. The number of carbonyl (C=O) groups is 1. The Morgan fingerprint density at radius 1 is 1.20 bits per heavy atom. The second-order valence-electron chi connectivity index (χ2n) is 4.99. The largest absolute Gasteiger partial charge is 0.496 e. The molecule has 0 radical (unpaired) electrons. The molecule has 118 valence electrons. The zero-order valence-corrected chi connectivity index (χ0v) is 12.3. The van der Waals surface area contributed by atoms with E-state index in [9.17, 15) is 15.0 Å². The van der Waals surface area contributed by atoms with Crippen LogP contribution < -0.4 is 0 Å². The lowest BCUT2D eigenvalue weighted by Crippen LogP contribution is -2.54. The quantitative estimate of drug-likeness (QED) is 0.206. The van der Waals surface area contributed by atoms with Crippen LogP contribution in [-0.4, -0.2) is 58.9 Å². The number of hydrogen-bond acceptors (Lipinski definition) is 4. The number of ether oxygens (including phenoxy) is 1. The molecular weight excluding hydrogens is 262 g/mol. The molecular formula is C14H28NO5+. The maximum Gasteiger partial charge on any atom is 0.359 e. The van der Waals surface area contributed by atoms with Gasteiger partial charge in [0, 0.05) is 0 Å². The van der Waals surface area contributed by atoms with Gasteiger partial charge < -0.3 is 20.1 Å². The van der Waals surface area contributed by atoms with Gasteiger partial charge in [-0.25, -0.2) is 4.79 Å². The van der Waals surface area contributed by atoms with Crippen molar-refractivity contribution in [1.29, 1.82) is 0 Å². The monoisotopic (exact) mass is 290 g/mol. The van der Waals surface area contributed by atoms with E-state index in [-0.39, 0.29) is 24.2 Å². The van der Waals surface area contributed by atoms with Gasteiger partial charge in [0.25, 0.3) is 0 Å². The van der Waals surface area contributed by atoms with Gasteiger partial charge in [-0.3, -0.25) is 4.48 Å². The topological polar surface area (TPSA) is 87.0 Å². The first-order valence-electron chi connectivity index (χ1n) is 7.15. The first-order valence-corrected chi connectivity index (χ1v) is 7.15. The standard InChI is InChI=1S/C14H27NO5/c1-2-3-4-5-6-7-9-20-10-8-15(12-16,13-17)11-14(18)19/h7,9,16-17H,2-6,8,10-13H2,1H3/p+1/b9-7+. The number of aliphatic hydroxyl groups is 2. The number of carboxylic acid groups (broad SMARTS) is 1. The number of allylic oxidation sites excluding steroid dienone is 1. The summed E-state index contributed by atoms with van der Waals surface area (Å²) in [5.74, 6) is -1.06. The number of nitrogens with zero attached hydrogens (tertiary/aromatic N) is 1. The second kappa shape index (κ2) is 11.7. The summed E-state index contributed by atoms with van der Waals surface area (Å²) in [6.07, 6.45) is 9.34. The van der Waals surface area contributed by atoms with E-state index in [0.29, 0.717) is 0 Å². The van der Waals surface area contributed by atoms with Crippen LogP contribution in [-0.2, 0) is 9.53 Å². The van der Waals surface area contributed by atoms with E-state index in [2.05, 4.69) is 6.92 Å². The number of quaternary nitrogens is 1. The third-order valence-electron chi connectivity index (χ3n) is 3.17. The fraction of sp³-hybridized carbons (Fsp3) is 0.786. The SMILES string of the molecule is CCCCCC/C=C/OCC[N+](CO)(CO)CC(=O)O. The van der Waals surface area contributed by atoms with Crippen LogP contribution in [0.4, 0.5) is 0 Å². The number of rotatable bonds is 13. The molecule has 0 heterocycles. The van der Waals surface area contributed by atoms with Gasteiger partial charge >= 0.3 is 5.97 Å². The molecule has 6 heteroatoms. The van der Waals surface area contributed by atoms with Crippen molar-refractivity contribution in [2.24, 2.45) is 0 Å². The van der Waals surface area contributed by atoms with Crippen LogP contribution in [0.5, 0.6) is 0 Å². The fourth-order valence-electron chi connectivity index (χ4n) is 1.79. The summed E-state index contributed by atoms with van der Waals surface area (Å²) in [6.45, 7) is 1.51. The van der Waals surface area contributed by atoms with Crippen molar-refractivity contribution in [2.75, 3.05) is 33.2 Å². The molecule has 0 aliphatic carbocycles. The lowest BCUT2D eigenvalue weighted by molar-refractivity contribution is -0.955. The van der Waals surface area contributed by atoms with Crippen LogP contribution in [0, 0.1) is 0 Å². The average Bonchev–Trinajstić information content (AvgIpc) is 2.44. The zero-order chi connectivity index (χ0) is 15.3. The molecule has 0 saturated heterocycles. The van der Waals surface area contributed by atoms with Crippen LogP contribution >= 0.6 is 0 Å². The van der Waals surface area contributed by atoms with E-state index in [1.807, 2.05) is 6.08 Å². The Labute approximate surface area is 120 Å². The molecule has 0 bridgehead atoms. The lowest BCUT2D eigenvalue weighted by atomic mass is 10.1. The predicted octanol–water partition coefficient (Wildman–Crippen LogP) is 1.29. The Balaban J connectivity index is 3.83. The summed E-state index contributed by atoms with van der Waals surface area (Å²) in [7, 11) is 0. The Hall–Kier alpha value is -1.11. The molecule has 0 aliphatic heterocycles. The third kappa shape index (κ3) is 8.90. The van der Waals surface area contributed by atoms with Gasteiger partial charge in [-0.2, -0.15) is 0 Å². The van der Waals surface area contributed by atoms with Crippen molar-refractivity contribution in [3.05, 3.63) is 12.3 Å². The molecule has 0 aromatic carbocycles. The highest BCUT2D eigenvalue weighted by molar-refractivity contribution is 5.67. The minimum Gasteiger partial charge on any atom is -0.496 e.